The van der Waals surface area contributed by atoms with E-state index >= 15 is 0 Å². The second-order valence-corrected chi connectivity index (χ2v) is 7.32. The Hall–Kier alpha value is -2.38. The fourth-order valence-electron chi connectivity index (χ4n) is 2.44. The first kappa shape index (κ1) is 19.0. The molecule has 0 aliphatic heterocycles. The molecule has 2 aromatic rings. The maximum atomic E-state index is 12.2. The van der Waals surface area contributed by atoms with E-state index in [4.69, 9.17) is 9.88 Å². The zero-order valence-corrected chi connectivity index (χ0v) is 15.0. The summed E-state index contributed by atoms with van der Waals surface area (Å²) in [7, 11) is -2.16. The summed E-state index contributed by atoms with van der Waals surface area (Å²) in [6, 6.07) is 13.5. The molecule has 6 nitrogen and oxygen atoms in total. The minimum atomic E-state index is -3.76. The van der Waals surface area contributed by atoms with Crippen LogP contribution in [0.2, 0.25) is 0 Å². The number of benzene rings is 2. The van der Waals surface area contributed by atoms with E-state index in [1.165, 1.54) is 12.1 Å². The van der Waals surface area contributed by atoms with E-state index in [1.54, 1.807) is 26.2 Å². The van der Waals surface area contributed by atoms with Gasteiger partial charge in [-0.15, -0.1) is 0 Å². The van der Waals surface area contributed by atoms with Crippen LogP contribution in [0.15, 0.2) is 53.4 Å². The lowest BCUT2D eigenvalue weighted by Crippen LogP contribution is -2.27. The largest absolute Gasteiger partial charge is 0.497 e. The highest BCUT2D eigenvalue weighted by Crippen LogP contribution is 2.17. The number of ether oxygens (including phenoxy) is 1. The van der Waals surface area contributed by atoms with Gasteiger partial charge in [0.05, 0.1) is 18.0 Å². The Morgan fingerprint density at radius 2 is 1.92 bits per heavy atom. The third kappa shape index (κ3) is 5.58. The van der Waals surface area contributed by atoms with E-state index in [2.05, 4.69) is 5.32 Å². The normalized spacial score (nSPS) is 12.4. The Kier molecular flexibility index (Phi) is 6.17. The van der Waals surface area contributed by atoms with Gasteiger partial charge in [-0.25, -0.2) is 13.6 Å². The summed E-state index contributed by atoms with van der Waals surface area (Å²) < 4.78 is 28.0. The molecule has 1 atom stereocenters. The fourth-order valence-corrected chi connectivity index (χ4v) is 3.01. The third-order valence-electron chi connectivity index (χ3n) is 3.84. The molecular weight excluding hydrogens is 340 g/mol. The van der Waals surface area contributed by atoms with Crippen molar-refractivity contribution in [2.24, 2.45) is 5.14 Å². The van der Waals surface area contributed by atoms with Gasteiger partial charge in [0, 0.05) is 6.42 Å². The molecule has 0 spiro atoms. The number of nitrogens with two attached hydrogens (primary N) is 1. The second kappa shape index (κ2) is 8.13. The predicted octanol–water partition coefficient (Wildman–Crippen LogP) is 2.15. The number of amides is 1. The van der Waals surface area contributed by atoms with Gasteiger partial charge >= 0.3 is 0 Å². The first-order chi connectivity index (χ1) is 11.8. The molecule has 1 amide bonds. The summed E-state index contributed by atoms with van der Waals surface area (Å²) in [4.78, 5) is 12.2. The number of nitrogens with one attached hydrogen (secondary N) is 1. The molecule has 25 heavy (non-hydrogen) atoms. The molecule has 2 rings (SSSR count). The van der Waals surface area contributed by atoms with Gasteiger partial charge in [-0.3, -0.25) is 4.79 Å². The molecule has 7 heteroatoms. The average molecular weight is 362 g/mol. The number of carbonyl (C=O) groups excluding carboxylic acids is 1. The Bertz CT molecular complexity index is 850. The van der Waals surface area contributed by atoms with E-state index in [0.29, 0.717) is 18.4 Å². The smallest absolute Gasteiger partial charge is 0.238 e. The molecular formula is C18H22N2O4S. The third-order valence-corrected chi connectivity index (χ3v) is 4.75. The molecule has 0 bridgehead atoms. The van der Waals surface area contributed by atoms with Gasteiger partial charge < -0.3 is 10.1 Å². The Balaban J connectivity index is 1.96. The van der Waals surface area contributed by atoms with Crippen molar-refractivity contribution in [3.05, 3.63) is 59.7 Å². The van der Waals surface area contributed by atoms with Gasteiger partial charge in [-0.05, 0) is 48.7 Å². The first-order valence-electron chi connectivity index (χ1n) is 7.84. The van der Waals surface area contributed by atoms with Crippen molar-refractivity contribution >= 4 is 15.9 Å². The molecule has 134 valence electrons. The lowest BCUT2D eigenvalue weighted by Gasteiger charge is -2.15. The van der Waals surface area contributed by atoms with Crippen molar-refractivity contribution in [3.8, 4) is 5.75 Å². The highest BCUT2D eigenvalue weighted by Gasteiger charge is 2.13. The van der Waals surface area contributed by atoms with Crippen molar-refractivity contribution in [2.75, 3.05) is 7.11 Å². The van der Waals surface area contributed by atoms with Gasteiger partial charge in [-0.2, -0.15) is 0 Å². The van der Waals surface area contributed by atoms with Crippen molar-refractivity contribution in [1.82, 2.24) is 5.32 Å². The van der Waals surface area contributed by atoms with E-state index in [0.717, 1.165) is 11.3 Å². The standard InChI is InChI=1S/C18H22N2O4S/c1-13(15-6-4-8-17(12-15)25(19,22)23)20-18(21)10-9-14-5-3-7-16(11-14)24-2/h3-8,11-13H,9-10H2,1-2H3,(H,20,21)(H2,19,22,23). The quantitative estimate of drug-likeness (QED) is 0.788. The number of hydrogen-bond acceptors (Lipinski definition) is 4. The zero-order chi connectivity index (χ0) is 18.4. The minimum absolute atomic E-state index is 0.0301. The maximum Gasteiger partial charge on any atom is 0.238 e. The van der Waals surface area contributed by atoms with Crippen LogP contribution in [0.1, 0.15) is 30.5 Å². The SMILES string of the molecule is COc1cccc(CCC(=O)NC(C)c2cccc(S(N)(=O)=O)c2)c1. The lowest BCUT2D eigenvalue weighted by atomic mass is 10.1. The Morgan fingerprint density at radius 1 is 1.20 bits per heavy atom. The topological polar surface area (TPSA) is 98.5 Å². The molecule has 3 N–H and O–H groups in total. The number of rotatable bonds is 7. The zero-order valence-electron chi connectivity index (χ0n) is 14.2. The molecule has 2 aromatic carbocycles. The summed E-state index contributed by atoms with van der Waals surface area (Å²) in [6.45, 7) is 1.80. The van der Waals surface area contributed by atoms with Crippen LogP contribution < -0.4 is 15.2 Å². The van der Waals surface area contributed by atoms with Crippen LogP contribution in [0.25, 0.3) is 0 Å². The number of hydrogen-bond donors (Lipinski definition) is 2. The first-order valence-corrected chi connectivity index (χ1v) is 9.39. The van der Waals surface area contributed by atoms with Crippen molar-refractivity contribution < 1.29 is 17.9 Å². The van der Waals surface area contributed by atoms with Gasteiger partial charge in [0.1, 0.15) is 5.75 Å². The van der Waals surface area contributed by atoms with Crippen LogP contribution in [0.4, 0.5) is 0 Å². The highest BCUT2D eigenvalue weighted by molar-refractivity contribution is 7.89. The van der Waals surface area contributed by atoms with Crippen molar-refractivity contribution in [3.63, 3.8) is 0 Å². The predicted molar refractivity (Wildman–Crippen MR) is 95.7 cm³/mol. The van der Waals surface area contributed by atoms with E-state index in [-0.39, 0.29) is 16.8 Å². The summed E-state index contributed by atoms with van der Waals surface area (Å²) >= 11 is 0. The molecule has 1 unspecified atom stereocenters. The van der Waals surface area contributed by atoms with Gasteiger partial charge in [-0.1, -0.05) is 24.3 Å². The molecule has 0 saturated carbocycles. The van der Waals surface area contributed by atoms with Crippen LogP contribution in [-0.4, -0.2) is 21.4 Å². The summed E-state index contributed by atoms with van der Waals surface area (Å²) in [5, 5.41) is 8.01. The van der Waals surface area contributed by atoms with Crippen LogP contribution >= 0.6 is 0 Å². The number of carbonyl (C=O) groups is 1. The second-order valence-electron chi connectivity index (χ2n) is 5.76. The van der Waals surface area contributed by atoms with E-state index in [9.17, 15) is 13.2 Å². The van der Waals surface area contributed by atoms with Crippen LogP contribution in [0.5, 0.6) is 5.75 Å². The maximum absolute atomic E-state index is 12.2. The molecule has 0 saturated heterocycles. The van der Waals surface area contributed by atoms with Crippen LogP contribution in [0.3, 0.4) is 0 Å². The van der Waals surface area contributed by atoms with Gasteiger partial charge in [0.2, 0.25) is 15.9 Å². The number of sulfonamides is 1. The van der Waals surface area contributed by atoms with Gasteiger partial charge in [0.15, 0.2) is 0 Å². The van der Waals surface area contributed by atoms with Gasteiger partial charge in [0.25, 0.3) is 0 Å². The van der Waals surface area contributed by atoms with E-state index < -0.39 is 10.0 Å². The number of methoxy groups -OCH3 is 1. The minimum Gasteiger partial charge on any atom is -0.497 e. The van der Waals surface area contributed by atoms with Crippen molar-refractivity contribution in [2.45, 2.75) is 30.7 Å². The lowest BCUT2D eigenvalue weighted by molar-refractivity contribution is -0.121. The van der Waals surface area contributed by atoms with Crippen LogP contribution in [0, 0.1) is 0 Å². The Labute approximate surface area is 148 Å². The highest BCUT2D eigenvalue weighted by atomic mass is 32.2. The number of aryl methyl sites for hydroxylation is 1. The molecule has 0 aromatic heterocycles. The van der Waals surface area contributed by atoms with Crippen molar-refractivity contribution in [1.29, 1.82) is 0 Å². The number of primary sulfonamides is 1. The van der Waals surface area contributed by atoms with E-state index in [1.807, 2.05) is 24.3 Å². The van der Waals surface area contributed by atoms with Crippen LogP contribution in [-0.2, 0) is 21.2 Å². The Morgan fingerprint density at radius 3 is 2.60 bits per heavy atom. The molecule has 0 heterocycles. The molecule has 0 fully saturated rings. The average Bonchev–Trinajstić information content (AvgIpc) is 2.59. The molecule has 0 aliphatic rings. The fraction of sp³-hybridized carbons (Fsp3) is 0.278. The molecule has 0 radical (unpaired) electrons. The molecule has 0 aliphatic carbocycles. The summed E-state index contributed by atoms with van der Waals surface area (Å²) in [6.07, 6.45) is 0.916. The monoisotopic (exact) mass is 362 g/mol. The summed E-state index contributed by atoms with van der Waals surface area (Å²) in [5.74, 6) is 0.641. The summed E-state index contributed by atoms with van der Waals surface area (Å²) in [5.41, 5.74) is 1.69.